The van der Waals surface area contributed by atoms with Crippen LogP contribution in [-0.2, 0) is 17.8 Å². The third-order valence-electron chi connectivity index (χ3n) is 5.50. The smallest absolute Gasteiger partial charge is 0.217 e. The van der Waals surface area contributed by atoms with E-state index in [1.54, 1.807) is 6.92 Å². The van der Waals surface area contributed by atoms with Crippen molar-refractivity contribution in [1.82, 2.24) is 10.5 Å². The van der Waals surface area contributed by atoms with Crippen molar-refractivity contribution in [2.24, 2.45) is 11.3 Å². The quantitative estimate of drug-likeness (QED) is 0.875. The number of carbonyl (C=O) groups is 1. The monoisotopic (exact) mass is 341 g/mol. The Morgan fingerprint density at radius 2 is 2.08 bits per heavy atom. The maximum Gasteiger partial charge on any atom is 0.217 e. The molecule has 0 aliphatic heterocycles. The first-order valence-electron chi connectivity index (χ1n) is 8.84. The molecule has 0 radical (unpaired) electrons. The van der Waals surface area contributed by atoms with E-state index < -0.39 is 0 Å². The van der Waals surface area contributed by atoms with E-state index in [9.17, 15) is 4.79 Å². The molecule has 0 spiro atoms. The second-order valence-electron chi connectivity index (χ2n) is 7.69. The van der Waals surface area contributed by atoms with Crippen molar-refractivity contribution >= 4 is 11.6 Å². The van der Waals surface area contributed by atoms with Gasteiger partial charge in [-0.25, -0.2) is 0 Å². The first kappa shape index (κ1) is 17.5. The Hall–Kier alpha value is -2.30. The van der Waals surface area contributed by atoms with E-state index in [-0.39, 0.29) is 17.4 Å². The fraction of sp³-hybridized carbons (Fsp3) is 0.500. The van der Waals surface area contributed by atoms with E-state index in [0.717, 1.165) is 30.0 Å². The average molecular weight is 341 g/mol. The molecule has 1 heterocycles. The molecule has 134 valence electrons. The lowest BCUT2D eigenvalue weighted by molar-refractivity contribution is -0.123. The van der Waals surface area contributed by atoms with Crippen molar-refractivity contribution in [2.45, 2.75) is 46.2 Å². The van der Waals surface area contributed by atoms with Crippen LogP contribution in [0.5, 0.6) is 0 Å². The molecule has 1 aromatic heterocycles. The number of benzene rings is 1. The number of nitrogens with one attached hydrogen (secondary N) is 1. The van der Waals surface area contributed by atoms with Crippen LogP contribution in [0.4, 0.5) is 5.69 Å². The van der Waals surface area contributed by atoms with Crippen LogP contribution < -0.4 is 10.2 Å². The predicted molar refractivity (Wildman–Crippen MR) is 98.2 cm³/mol. The molecular formula is C20H27N3O2. The molecule has 0 bridgehead atoms. The minimum atomic E-state index is 0.0456. The van der Waals surface area contributed by atoms with Gasteiger partial charge in [0.15, 0.2) is 5.76 Å². The van der Waals surface area contributed by atoms with Crippen LogP contribution in [0.15, 0.2) is 40.9 Å². The number of rotatable bonds is 6. The van der Waals surface area contributed by atoms with Gasteiger partial charge in [0.25, 0.3) is 0 Å². The molecule has 3 rings (SSSR count). The summed E-state index contributed by atoms with van der Waals surface area (Å²) in [5, 5.41) is 7.29. The molecule has 0 saturated heterocycles. The van der Waals surface area contributed by atoms with Crippen LogP contribution in [0.25, 0.3) is 0 Å². The van der Waals surface area contributed by atoms with Gasteiger partial charge >= 0.3 is 0 Å². The van der Waals surface area contributed by atoms with Crippen LogP contribution >= 0.6 is 0 Å². The Kier molecular flexibility index (Phi) is 4.84. The Balaban J connectivity index is 1.57. The molecule has 1 aromatic carbocycles. The summed E-state index contributed by atoms with van der Waals surface area (Å²) in [7, 11) is 2.05. The van der Waals surface area contributed by atoms with Crippen molar-refractivity contribution in [3.05, 3.63) is 47.9 Å². The summed E-state index contributed by atoms with van der Waals surface area (Å²) in [5.74, 6) is 1.43. The second kappa shape index (κ2) is 6.90. The summed E-state index contributed by atoms with van der Waals surface area (Å²) < 4.78 is 5.52. The van der Waals surface area contributed by atoms with Gasteiger partial charge in [-0.1, -0.05) is 37.2 Å². The number of hydrogen-bond donors (Lipinski definition) is 1. The standard InChI is InChI=1S/C20H27N3O2/c1-14(24)21-19-11-15(20(19,2)3)10-16-12-18(25-22-16)13-23(4)17-8-6-5-7-9-17/h5-9,12,15,19H,10-11,13H2,1-4H3,(H,21,24). The van der Waals surface area contributed by atoms with Crippen LogP contribution in [0.3, 0.4) is 0 Å². The molecule has 1 N–H and O–H groups in total. The average Bonchev–Trinajstić information content (AvgIpc) is 3.01. The van der Waals surface area contributed by atoms with E-state index in [1.165, 1.54) is 0 Å². The largest absolute Gasteiger partial charge is 0.367 e. The topological polar surface area (TPSA) is 58.4 Å². The summed E-state index contributed by atoms with van der Waals surface area (Å²) in [6.07, 6.45) is 1.89. The van der Waals surface area contributed by atoms with Gasteiger partial charge < -0.3 is 14.7 Å². The highest BCUT2D eigenvalue weighted by Crippen LogP contribution is 2.47. The number of aromatic nitrogens is 1. The zero-order chi connectivity index (χ0) is 18.0. The second-order valence-corrected chi connectivity index (χ2v) is 7.69. The van der Waals surface area contributed by atoms with Gasteiger partial charge in [-0.15, -0.1) is 0 Å². The maximum atomic E-state index is 11.3. The molecule has 5 heteroatoms. The van der Waals surface area contributed by atoms with Crippen molar-refractivity contribution in [3.8, 4) is 0 Å². The number of nitrogens with zero attached hydrogens (tertiary/aromatic N) is 2. The Bertz CT molecular complexity index is 724. The normalized spacial score (nSPS) is 21.4. The zero-order valence-corrected chi connectivity index (χ0v) is 15.5. The highest BCUT2D eigenvalue weighted by Gasteiger charge is 2.48. The summed E-state index contributed by atoms with van der Waals surface area (Å²) >= 11 is 0. The summed E-state index contributed by atoms with van der Waals surface area (Å²) in [4.78, 5) is 13.4. The molecule has 1 amide bonds. The molecule has 1 aliphatic carbocycles. The third kappa shape index (κ3) is 3.86. The third-order valence-corrected chi connectivity index (χ3v) is 5.50. The van der Waals surface area contributed by atoms with Crippen molar-refractivity contribution in [3.63, 3.8) is 0 Å². The predicted octanol–water partition coefficient (Wildman–Crippen LogP) is 3.40. The lowest BCUT2D eigenvalue weighted by atomic mass is 9.57. The zero-order valence-electron chi connectivity index (χ0n) is 15.5. The van der Waals surface area contributed by atoms with Crippen molar-refractivity contribution < 1.29 is 9.32 Å². The summed E-state index contributed by atoms with van der Waals surface area (Å²) in [6, 6.07) is 12.5. The minimum absolute atomic E-state index is 0.0456. The van der Waals surface area contributed by atoms with E-state index in [0.29, 0.717) is 12.5 Å². The van der Waals surface area contributed by atoms with Crippen molar-refractivity contribution in [2.75, 3.05) is 11.9 Å². The van der Waals surface area contributed by atoms with Gasteiger partial charge in [-0.05, 0) is 36.3 Å². The maximum absolute atomic E-state index is 11.3. The van der Waals surface area contributed by atoms with Crippen LogP contribution in [0.1, 0.15) is 38.6 Å². The Labute approximate surface area is 149 Å². The highest BCUT2D eigenvalue weighted by atomic mass is 16.5. The fourth-order valence-electron chi connectivity index (χ4n) is 3.64. The highest BCUT2D eigenvalue weighted by molar-refractivity contribution is 5.73. The lowest BCUT2D eigenvalue weighted by Crippen LogP contribution is -2.58. The molecule has 1 aliphatic rings. The first-order valence-corrected chi connectivity index (χ1v) is 8.84. The van der Waals surface area contributed by atoms with Gasteiger partial charge in [0.1, 0.15) is 0 Å². The van der Waals surface area contributed by atoms with Gasteiger partial charge in [-0.3, -0.25) is 4.79 Å². The minimum Gasteiger partial charge on any atom is -0.367 e. The Morgan fingerprint density at radius 1 is 1.36 bits per heavy atom. The Morgan fingerprint density at radius 3 is 2.72 bits per heavy atom. The number of para-hydroxylation sites is 1. The SMILES string of the molecule is CC(=O)NC1CC(Cc2cc(CN(C)c3ccccc3)on2)C1(C)C. The molecular weight excluding hydrogens is 314 g/mol. The summed E-state index contributed by atoms with van der Waals surface area (Å²) in [6.45, 7) is 6.70. The lowest BCUT2D eigenvalue weighted by Gasteiger charge is -2.52. The molecule has 2 unspecified atom stereocenters. The van der Waals surface area contributed by atoms with Crippen LogP contribution in [-0.4, -0.2) is 24.2 Å². The first-order chi connectivity index (χ1) is 11.9. The number of anilines is 1. The van der Waals surface area contributed by atoms with E-state index in [1.807, 2.05) is 25.2 Å². The number of amides is 1. The number of hydrogen-bond acceptors (Lipinski definition) is 4. The number of carbonyl (C=O) groups excluding carboxylic acids is 1. The molecule has 25 heavy (non-hydrogen) atoms. The molecule has 5 nitrogen and oxygen atoms in total. The molecule has 1 saturated carbocycles. The van der Waals surface area contributed by atoms with E-state index in [2.05, 4.69) is 47.4 Å². The van der Waals surface area contributed by atoms with Gasteiger partial charge in [0.05, 0.1) is 12.2 Å². The van der Waals surface area contributed by atoms with Crippen molar-refractivity contribution in [1.29, 1.82) is 0 Å². The van der Waals surface area contributed by atoms with Gasteiger partial charge in [0.2, 0.25) is 5.91 Å². The fourth-order valence-corrected chi connectivity index (χ4v) is 3.64. The molecule has 1 fully saturated rings. The molecule has 2 aromatic rings. The van der Waals surface area contributed by atoms with Gasteiger partial charge in [-0.2, -0.15) is 0 Å². The summed E-state index contributed by atoms with van der Waals surface area (Å²) in [5.41, 5.74) is 2.24. The molecule has 2 atom stereocenters. The van der Waals surface area contributed by atoms with Gasteiger partial charge in [0, 0.05) is 31.8 Å². The van der Waals surface area contributed by atoms with Crippen LogP contribution in [0, 0.1) is 11.3 Å². The van der Waals surface area contributed by atoms with Crippen LogP contribution in [0.2, 0.25) is 0 Å². The van der Waals surface area contributed by atoms with E-state index in [4.69, 9.17) is 4.52 Å². The van der Waals surface area contributed by atoms with E-state index >= 15 is 0 Å².